The molecule has 0 spiro atoms. The fourth-order valence-corrected chi connectivity index (χ4v) is 2.36. The molecule has 0 aliphatic rings. The molecule has 0 N–H and O–H groups in total. The van der Waals surface area contributed by atoms with Crippen molar-refractivity contribution in [3.05, 3.63) is 80.9 Å². The van der Waals surface area contributed by atoms with Crippen molar-refractivity contribution in [2.75, 3.05) is 0 Å². The van der Waals surface area contributed by atoms with Crippen molar-refractivity contribution in [2.24, 2.45) is 4.99 Å². The highest BCUT2D eigenvalue weighted by Gasteiger charge is 2.26. The zero-order chi connectivity index (χ0) is 18.7. The van der Waals surface area contributed by atoms with Crippen LogP contribution in [0.2, 0.25) is 0 Å². The van der Waals surface area contributed by atoms with Crippen LogP contribution in [0.1, 0.15) is 11.3 Å². The Bertz CT molecular complexity index is 1030. The highest BCUT2D eigenvalue weighted by Crippen LogP contribution is 2.34. The van der Waals surface area contributed by atoms with Crippen LogP contribution in [0.4, 0.5) is 17.2 Å². The van der Waals surface area contributed by atoms with Crippen molar-refractivity contribution in [1.82, 2.24) is 9.78 Å². The SMILES string of the molecule is Cc1nn(-c2ccc([N+](=O)[O-])cc2)c(N=C([O-])c2ccccc2)c1[N+]#N. The second-order valence-electron chi connectivity index (χ2n) is 5.33. The highest BCUT2D eigenvalue weighted by molar-refractivity contribution is 5.93. The molecule has 0 radical (unpaired) electrons. The minimum Gasteiger partial charge on any atom is -0.858 e. The molecule has 0 aliphatic heterocycles. The molecule has 0 aliphatic carbocycles. The van der Waals surface area contributed by atoms with Crippen molar-refractivity contribution in [1.29, 1.82) is 5.39 Å². The maximum atomic E-state index is 12.4. The van der Waals surface area contributed by atoms with E-state index in [0.29, 0.717) is 16.9 Å². The van der Waals surface area contributed by atoms with E-state index in [1.165, 1.54) is 28.9 Å². The molecule has 9 nitrogen and oxygen atoms in total. The van der Waals surface area contributed by atoms with Crippen LogP contribution in [0.15, 0.2) is 59.6 Å². The first-order valence-electron chi connectivity index (χ1n) is 7.52. The van der Waals surface area contributed by atoms with Crippen LogP contribution in [-0.4, -0.2) is 20.6 Å². The molecule has 0 atom stereocenters. The third-order valence-electron chi connectivity index (χ3n) is 3.64. The van der Waals surface area contributed by atoms with E-state index in [0.717, 1.165) is 0 Å². The molecular formula is C17H12N6O3. The summed E-state index contributed by atoms with van der Waals surface area (Å²) in [5, 5.41) is 36.7. The summed E-state index contributed by atoms with van der Waals surface area (Å²) in [4.78, 5) is 17.5. The van der Waals surface area contributed by atoms with Crippen LogP contribution in [-0.2, 0) is 0 Å². The molecule has 0 fully saturated rings. The second-order valence-corrected chi connectivity index (χ2v) is 5.33. The summed E-state index contributed by atoms with van der Waals surface area (Å²) < 4.78 is 1.30. The number of aryl methyl sites for hydroxylation is 1. The number of rotatable bonds is 4. The van der Waals surface area contributed by atoms with Gasteiger partial charge in [0.15, 0.2) is 10.7 Å². The third-order valence-corrected chi connectivity index (χ3v) is 3.64. The summed E-state index contributed by atoms with van der Waals surface area (Å²) in [6.45, 7) is 1.60. The summed E-state index contributed by atoms with van der Waals surface area (Å²) in [6, 6.07) is 14.0. The first-order valence-corrected chi connectivity index (χ1v) is 7.52. The summed E-state index contributed by atoms with van der Waals surface area (Å²) in [5.74, 6) is -0.494. The number of hydrogen-bond donors (Lipinski definition) is 0. The van der Waals surface area contributed by atoms with Crippen molar-refractivity contribution >= 4 is 23.1 Å². The molecule has 2 aromatic carbocycles. The molecule has 3 aromatic rings. The van der Waals surface area contributed by atoms with Gasteiger partial charge in [0.1, 0.15) is 0 Å². The molecule has 0 saturated carbocycles. The van der Waals surface area contributed by atoms with Gasteiger partial charge in [-0.25, -0.2) is 9.67 Å². The maximum absolute atomic E-state index is 12.4. The topological polar surface area (TPSA) is 125 Å². The predicted molar refractivity (Wildman–Crippen MR) is 92.3 cm³/mol. The van der Waals surface area contributed by atoms with Crippen molar-refractivity contribution in [2.45, 2.75) is 6.92 Å². The summed E-state index contributed by atoms with van der Waals surface area (Å²) in [7, 11) is 0. The number of diazo groups is 1. The minimum absolute atomic E-state index is 0.0349. The predicted octanol–water partition coefficient (Wildman–Crippen LogP) is 3.01. The Morgan fingerprint density at radius 3 is 2.42 bits per heavy atom. The molecule has 0 bridgehead atoms. The lowest BCUT2D eigenvalue weighted by Crippen LogP contribution is -2.18. The fraction of sp³-hybridized carbons (Fsp3) is 0.0588. The molecule has 0 saturated heterocycles. The zero-order valence-electron chi connectivity index (χ0n) is 13.6. The largest absolute Gasteiger partial charge is 0.858 e. The number of hydrogen-bond acceptors (Lipinski definition) is 6. The van der Waals surface area contributed by atoms with Gasteiger partial charge >= 0.3 is 5.69 Å². The molecule has 0 unspecified atom stereocenters. The maximum Gasteiger partial charge on any atom is 0.451 e. The summed E-state index contributed by atoms with van der Waals surface area (Å²) in [6.07, 6.45) is 0. The monoisotopic (exact) mass is 348 g/mol. The Morgan fingerprint density at radius 1 is 1.19 bits per heavy atom. The van der Waals surface area contributed by atoms with Gasteiger partial charge in [0, 0.05) is 12.1 Å². The normalized spacial score (nSPS) is 11.2. The number of nitro benzene ring substituents is 1. The molecule has 9 heteroatoms. The smallest absolute Gasteiger partial charge is 0.451 e. The van der Waals surface area contributed by atoms with Gasteiger partial charge < -0.3 is 5.11 Å². The van der Waals surface area contributed by atoms with Crippen molar-refractivity contribution in [3.63, 3.8) is 0 Å². The molecule has 26 heavy (non-hydrogen) atoms. The Kier molecular flexibility index (Phi) is 4.40. The van der Waals surface area contributed by atoms with Crippen LogP contribution < -0.4 is 5.11 Å². The van der Waals surface area contributed by atoms with E-state index in [-0.39, 0.29) is 17.2 Å². The lowest BCUT2D eigenvalue weighted by molar-refractivity contribution is -0.384. The first kappa shape index (κ1) is 16.8. The highest BCUT2D eigenvalue weighted by atomic mass is 16.6. The van der Waals surface area contributed by atoms with Crippen LogP contribution in [0.3, 0.4) is 0 Å². The van der Waals surface area contributed by atoms with Gasteiger partial charge in [0.2, 0.25) is 5.39 Å². The first-order chi connectivity index (χ1) is 12.5. The molecule has 128 valence electrons. The van der Waals surface area contributed by atoms with Crippen molar-refractivity contribution < 1.29 is 10.0 Å². The average molecular weight is 348 g/mol. The Labute approximate surface area is 147 Å². The van der Waals surface area contributed by atoms with E-state index in [2.05, 4.69) is 15.1 Å². The van der Waals surface area contributed by atoms with Gasteiger partial charge in [-0.1, -0.05) is 30.3 Å². The van der Waals surface area contributed by atoms with Crippen LogP contribution in [0, 0.1) is 22.4 Å². The van der Waals surface area contributed by atoms with Gasteiger partial charge in [-0.2, -0.15) is 5.10 Å². The number of nitrogens with zero attached hydrogens (tertiary/aromatic N) is 6. The Balaban J connectivity index is 2.13. The summed E-state index contributed by atoms with van der Waals surface area (Å²) in [5.41, 5.74) is 1.13. The summed E-state index contributed by atoms with van der Waals surface area (Å²) >= 11 is 0. The number of aromatic nitrogens is 2. The van der Waals surface area contributed by atoms with Gasteiger partial charge in [0.05, 0.1) is 10.6 Å². The van der Waals surface area contributed by atoms with Crippen LogP contribution >= 0.6 is 0 Å². The molecule has 3 rings (SSSR count). The minimum atomic E-state index is -0.529. The van der Waals surface area contributed by atoms with Gasteiger partial charge in [-0.3, -0.25) is 10.1 Å². The van der Waals surface area contributed by atoms with E-state index < -0.39 is 10.8 Å². The quantitative estimate of drug-likeness (QED) is 0.236. The third kappa shape index (κ3) is 3.11. The average Bonchev–Trinajstić information content (AvgIpc) is 2.97. The Hall–Kier alpha value is -4.06. The number of non-ortho nitro benzene ring substituents is 1. The standard InChI is InChI=1S/C17H12N6O3/c1-11-15(20-18)16(19-17(24)12-5-3-2-4-6-12)22(21-11)13-7-9-14(10-8-13)23(25)26/h2-10H,1H3. The van der Waals surface area contributed by atoms with E-state index in [1.807, 2.05) is 0 Å². The number of benzene rings is 2. The fourth-order valence-electron chi connectivity index (χ4n) is 2.36. The van der Waals surface area contributed by atoms with E-state index >= 15 is 0 Å². The van der Waals surface area contributed by atoms with Gasteiger partial charge in [0.25, 0.3) is 11.5 Å². The van der Waals surface area contributed by atoms with Crippen LogP contribution in [0.25, 0.3) is 10.7 Å². The van der Waals surface area contributed by atoms with Crippen molar-refractivity contribution in [3.8, 4) is 5.69 Å². The lowest BCUT2D eigenvalue weighted by Gasteiger charge is -2.10. The number of nitro groups is 1. The molecule has 1 heterocycles. The molecule has 1 aromatic heterocycles. The molecular weight excluding hydrogens is 336 g/mol. The van der Waals surface area contributed by atoms with Gasteiger partial charge in [-0.05, 0) is 30.5 Å². The number of aliphatic imine (C=N–C) groups is 1. The van der Waals surface area contributed by atoms with E-state index in [9.17, 15) is 20.6 Å². The Morgan fingerprint density at radius 2 is 1.85 bits per heavy atom. The van der Waals surface area contributed by atoms with E-state index in [1.54, 1.807) is 37.3 Å². The second kappa shape index (κ2) is 6.82. The van der Waals surface area contributed by atoms with E-state index in [4.69, 9.17) is 0 Å². The zero-order valence-corrected chi connectivity index (χ0v) is 13.6. The van der Waals surface area contributed by atoms with Crippen LogP contribution in [0.5, 0.6) is 0 Å². The van der Waals surface area contributed by atoms with Gasteiger partial charge in [-0.15, -0.1) is 0 Å². The molecule has 0 amide bonds. The lowest BCUT2D eigenvalue weighted by atomic mass is 10.2.